The first kappa shape index (κ1) is 33.5. The van der Waals surface area contributed by atoms with E-state index in [4.69, 9.17) is 0 Å². The van der Waals surface area contributed by atoms with Crippen LogP contribution >= 0.6 is 46.2 Å². The molecule has 2 aromatic carbocycles. The van der Waals surface area contributed by atoms with Gasteiger partial charge in [0.25, 0.3) is 0 Å². The standard InChI is InChI=1S/C38H48O2S4/c1-37(2,3)27-19-25(35(39)29(21-27)31-15-11-17-41-31)23-43-33-13-9-7-8-10-14-34(33)44-24-26-20-28(38(4,5)6)22-30(36(26)40)32-16-12-18-42-32/h11-12,15-22,33-34,39-40H,7-10,13-14,23-24H2,1-6H3. The molecule has 44 heavy (non-hydrogen) atoms. The number of rotatable bonds is 8. The minimum Gasteiger partial charge on any atom is -0.507 e. The van der Waals surface area contributed by atoms with Gasteiger partial charge in [0.05, 0.1) is 0 Å². The van der Waals surface area contributed by atoms with Gasteiger partial charge in [-0.25, -0.2) is 0 Å². The van der Waals surface area contributed by atoms with Crippen molar-refractivity contribution in [1.82, 2.24) is 0 Å². The lowest BCUT2D eigenvalue weighted by atomic mass is 9.84. The van der Waals surface area contributed by atoms with E-state index in [1.54, 1.807) is 22.7 Å². The predicted molar refractivity (Wildman–Crippen MR) is 198 cm³/mol. The SMILES string of the molecule is CC(C)(C)c1cc(CSC2CCCCCCC2SCc2cc(C(C)(C)C)cc(-c3cccs3)c2O)c(O)c(-c2cccs2)c1. The van der Waals surface area contributed by atoms with Crippen LogP contribution in [-0.2, 0) is 22.3 Å². The van der Waals surface area contributed by atoms with Gasteiger partial charge in [0, 0.05) is 54.0 Å². The molecule has 0 amide bonds. The summed E-state index contributed by atoms with van der Waals surface area (Å²) in [5.41, 5.74) is 6.57. The monoisotopic (exact) mass is 664 g/mol. The Morgan fingerprint density at radius 3 is 1.39 bits per heavy atom. The van der Waals surface area contributed by atoms with Crippen LogP contribution in [0, 0.1) is 0 Å². The zero-order chi connectivity index (χ0) is 31.5. The van der Waals surface area contributed by atoms with Gasteiger partial charge in [0.15, 0.2) is 0 Å². The first-order valence-electron chi connectivity index (χ1n) is 16.0. The number of phenols is 2. The maximum Gasteiger partial charge on any atom is 0.128 e. The first-order valence-corrected chi connectivity index (χ1v) is 19.8. The third-order valence-electron chi connectivity index (χ3n) is 8.73. The van der Waals surface area contributed by atoms with Gasteiger partial charge in [0.1, 0.15) is 11.5 Å². The molecule has 2 unspecified atom stereocenters. The summed E-state index contributed by atoms with van der Waals surface area (Å²) in [5, 5.41) is 28.2. The van der Waals surface area contributed by atoms with Gasteiger partial charge in [-0.1, -0.05) is 91.5 Å². The Bertz CT molecular complexity index is 1390. The van der Waals surface area contributed by atoms with Crippen molar-refractivity contribution in [2.24, 2.45) is 0 Å². The molecular formula is C38H48O2S4. The lowest BCUT2D eigenvalue weighted by Gasteiger charge is -2.30. The number of aromatic hydroxyl groups is 2. The number of phenolic OH excluding ortho intramolecular Hbond substituents is 2. The van der Waals surface area contributed by atoms with Crippen molar-refractivity contribution < 1.29 is 10.2 Å². The second-order valence-electron chi connectivity index (χ2n) is 14.2. The highest BCUT2D eigenvalue weighted by molar-refractivity contribution is 8.03. The molecule has 1 fully saturated rings. The molecule has 0 bridgehead atoms. The van der Waals surface area contributed by atoms with Crippen molar-refractivity contribution >= 4 is 46.2 Å². The molecule has 0 radical (unpaired) electrons. The Hall–Kier alpha value is -1.86. The highest BCUT2D eigenvalue weighted by atomic mass is 32.2. The highest BCUT2D eigenvalue weighted by Crippen LogP contribution is 2.45. The van der Waals surface area contributed by atoms with Crippen LogP contribution in [0.15, 0.2) is 59.3 Å². The van der Waals surface area contributed by atoms with Crippen LogP contribution in [0.3, 0.4) is 0 Å². The second-order valence-corrected chi connectivity index (χ2v) is 18.6. The third kappa shape index (κ3) is 8.10. The molecule has 5 rings (SSSR count). The van der Waals surface area contributed by atoms with Crippen LogP contribution in [0.2, 0.25) is 0 Å². The molecule has 0 aliphatic heterocycles. The zero-order valence-electron chi connectivity index (χ0n) is 27.1. The minimum absolute atomic E-state index is 0.00328. The number of benzene rings is 2. The molecule has 1 aliphatic carbocycles. The summed E-state index contributed by atoms with van der Waals surface area (Å²) >= 11 is 7.44. The van der Waals surface area contributed by atoms with E-state index in [0.29, 0.717) is 22.0 Å². The Kier molecular flexibility index (Phi) is 10.9. The normalized spacial score (nSPS) is 18.2. The number of hydrogen-bond acceptors (Lipinski definition) is 6. The molecular weight excluding hydrogens is 617 g/mol. The summed E-state index contributed by atoms with van der Waals surface area (Å²) in [6, 6.07) is 17.2. The average molecular weight is 665 g/mol. The predicted octanol–water partition coefficient (Wildman–Crippen LogP) is 12.4. The molecule has 2 heterocycles. The van der Waals surface area contributed by atoms with Crippen LogP contribution < -0.4 is 0 Å². The Labute approximate surface area is 281 Å². The smallest absolute Gasteiger partial charge is 0.128 e. The van der Waals surface area contributed by atoms with Crippen molar-refractivity contribution in [3.8, 4) is 32.4 Å². The van der Waals surface area contributed by atoms with Crippen molar-refractivity contribution in [3.63, 3.8) is 0 Å². The quantitative estimate of drug-likeness (QED) is 0.197. The number of thioether (sulfide) groups is 2. The molecule has 1 aliphatic rings. The minimum atomic E-state index is 0.00328. The summed E-state index contributed by atoms with van der Waals surface area (Å²) in [4.78, 5) is 2.25. The number of hydrogen-bond donors (Lipinski definition) is 2. The molecule has 2 nitrogen and oxygen atoms in total. The van der Waals surface area contributed by atoms with E-state index in [9.17, 15) is 10.2 Å². The highest BCUT2D eigenvalue weighted by Gasteiger charge is 2.27. The van der Waals surface area contributed by atoms with Crippen LogP contribution in [0.5, 0.6) is 11.5 Å². The van der Waals surface area contributed by atoms with Crippen molar-refractivity contribution in [2.75, 3.05) is 0 Å². The zero-order valence-corrected chi connectivity index (χ0v) is 30.4. The summed E-state index contributed by atoms with van der Waals surface area (Å²) in [6.07, 6.45) is 7.54. The molecule has 4 aromatic rings. The van der Waals surface area contributed by atoms with E-state index in [2.05, 4.69) is 101 Å². The fraction of sp³-hybridized carbons (Fsp3) is 0.474. The Morgan fingerprint density at radius 1 is 0.636 bits per heavy atom. The first-order chi connectivity index (χ1) is 20.9. The molecule has 0 saturated heterocycles. The third-order valence-corrected chi connectivity index (χ3v) is 13.6. The average Bonchev–Trinajstić information content (AvgIpc) is 3.68. The van der Waals surface area contributed by atoms with Crippen molar-refractivity contribution in [3.05, 3.63) is 81.5 Å². The molecule has 6 heteroatoms. The van der Waals surface area contributed by atoms with Gasteiger partial charge < -0.3 is 10.2 Å². The fourth-order valence-corrected chi connectivity index (χ4v) is 10.5. The summed E-state index contributed by atoms with van der Waals surface area (Å²) < 4.78 is 0. The van der Waals surface area contributed by atoms with Gasteiger partial charge in [-0.3, -0.25) is 0 Å². The van der Waals surface area contributed by atoms with Crippen LogP contribution in [0.4, 0.5) is 0 Å². The van der Waals surface area contributed by atoms with Gasteiger partial charge in [0.2, 0.25) is 0 Å². The van der Waals surface area contributed by atoms with E-state index in [0.717, 1.165) is 43.5 Å². The van der Waals surface area contributed by atoms with E-state index >= 15 is 0 Å². The summed E-state index contributed by atoms with van der Waals surface area (Å²) in [7, 11) is 0. The lowest BCUT2D eigenvalue weighted by Crippen LogP contribution is -2.22. The molecule has 1 saturated carbocycles. The Morgan fingerprint density at radius 2 is 1.05 bits per heavy atom. The molecule has 0 spiro atoms. The maximum atomic E-state index is 11.5. The molecule has 2 atom stereocenters. The van der Waals surface area contributed by atoms with E-state index in [1.807, 2.05) is 23.5 Å². The molecule has 2 N–H and O–H groups in total. The van der Waals surface area contributed by atoms with Gasteiger partial charge in [-0.2, -0.15) is 23.5 Å². The Balaban J connectivity index is 1.39. The molecule has 236 valence electrons. The van der Waals surface area contributed by atoms with Crippen LogP contribution in [-0.4, -0.2) is 20.7 Å². The topological polar surface area (TPSA) is 40.5 Å². The largest absolute Gasteiger partial charge is 0.507 e. The van der Waals surface area contributed by atoms with E-state index in [-0.39, 0.29) is 10.8 Å². The summed E-state index contributed by atoms with van der Waals surface area (Å²) in [6.45, 7) is 13.5. The van der Waals surface area contributed by atoms with Gasteiger partial charge in [-0.15, -0.1) is 22.7 Å². The summed E-state index contributed by atoms with van der Waals surface area (Å²) in [5.74, 6) is 2.49. The van der Waals surface area contributed by atoms with Crippen LogP contribution in [0.25, 0.3) is 20.9 Å². The second kappa shape index (κ2) is 14.3. The van der Waals surface area contributed by atoms with Gasteiger partial charge in [-0.05, 0) is 69.8 Å². The number of thiophene rings is 2. The van der Waals surface area contributed by atoms with E-state index < -0.39 is 0 Å². The lowest BCUT2D eigenvalue weighted by molar-refractivity contribution is 0.470. The van der Waals surface area contributed by atoms with Crippen molar-refractivity contribution in [2.45, 2.75) is 113 Å². The van der Waals surface area contributed by atoms with E-state index in [1.165, 1.54) is 49.7 Å². The molecule has 2 aromatic heterocycles. The van der Waals surface area contributed by atoms with Crippen molar-refractivity contribution in [1.29, 1.82) is 0 Å². The van der Waals surface area contributed by atoms with Gasteiger partial charge >= 0.3 is 0 Å². The fourth-order valence-electron chi connectivity index (χ4n) is 5.91. The van der Waals surface area contributed by atoms with Crippen LogP contribution in [0.1, 0.15) is 102 Å². The maximum absolute atomic E-state index is 11.5.